The van der Waals surface area contributed by atoms with Crippen LogP contribution in [0.25, 0.3) is 0 Å². The topological polar surface area (TPSA) is 76.7 Å². The Balaban J connectivity index is 1.50. The SMILES string of the molecule is COc1ccc(CCNC(=O)C2(C(=O)Nc3ccc(OC(C)C)cc3)CC2)cc1. The summed E-state index contributed by atoms with van der Waals surface area (Å²) in [6.45, 7) is 4.40. The van der Waals surface area contributed by atoms with E-state index in [2.05, 4.69) is 10.6 Å². The molecule has 0 saturated heterocycles. The Morgan fingerprint density at radius 1 is 0.966 bits per heavy atom. The fraction of sp³-hybridized carbons (Fsp3) is 0.391. The molecule has 1 aliphatic rings. The van der Waals surface area contributed by atoms with Crippen molar-refractivity contribution in [3.05, 3.63) is 54.1 Å². The van der Waals surface area contributed by atoms with Crippen LogP contribution in [0.3, 0.4) is 0 Å². The van der Waals surface area contributed by atoms with Gasteiger partial charge in [0.2, 0.25) is 11.8 Å². The molecule has 0 bridgehead atoms. The molecule has 6 nitrogen and oxygen atoms in total. The van der Waals surface area contributed by atoms with Gasteiger partial charge in [0, 0.05) is 12.2 Å². The highest BCUT2D eigenvalue weighted by Crippen LogP contribution is 2.46. The molecular formula is C23H28N2O4. The highest BCUT2D eigenvalue weighted by Gasteiger charge is 2.56. The smallest absolute Gasteiger partial charge is 0.240 e. The summed E-state index contributed by atoms with van der Waals surface area (Å²) >= 11 is 0. The lowest BCUT2D eigenvalue weighted by Crippen LogP contribution is -2.40. The number of methoxy groups -OCH3 is 1. The van der Waals surface area contributed by atoms with E-state index < -0.39 is 5.41 Å². The summed E-state index contributed by atoms with van der Waals surface area (Å²) in [5, 5.41) is 5.77. The van der Waals surface area contributed by atoms with Gasteiger partial charge in [0.05, 0.1) is 13.2 Å². The molecule has 2 aromatic carbocycles. The van der Waals surface area contributed by atoms with Crippen molar-refractivity contribution in [2.45, 2.75) is 39.2 Å². The lowest BCUT2D eigenvalue weighted by Gasteiger charge is -2.16. The minimum Gasteiger partial charge on any atom is -0.497 e. The highest BCUT2D eigenvalue weighted by atomic mass is 16.5. The van der Waals surface area contributed by atoms with Gasteiger partial charge in [-0.3, -0.25) is 9.59 Å². The quantitative estimate of drug-likeness (QED) is 0.636. The lowest BCUT2D eigenvalue weighted by molar-refractivity contribution is -0.134. The number of anilines is 1. The number of carbonyl (C=O) groups is 2. The molecule has 0 spiro atoms. The van der Waals surface area contributed by atoms with Gasteiger partial charge < -0.3 is 20.1 Å². The third-order valence-corrected chi connectivity index (χ3v) is 4.96. The summed E-state index contributed by atoms with van der Waals surface area (Å²) in [6, 6.07) is 14.9. The average molecular weight is 396 g/mol. The minimum absolute atomic E-state index is 0.0896. The van der Waals surface area contributed by atoms with Crippen LogP contribution in [0.1, 0.15) is 32.3 Å². The largest absolute Gasteiger partial charge is 0.497 e. The van der Waals surface area contributed by atoms with Crippen LogP contribution in [0.5, 0.6) is 11.5 Å². The summed E-state index contributed by atoms with van der Waals surface area (Å²) in [5.74, 6) is 1.09. The Hall–Kier alpha value is -3.02. The van der Waals surface area contributed by atoms with E-state index in [1.807, 2.05) is 50.2 Å². The molecular weight excluding hydrogens is 368 g/mol. The molecule has 0 radical (unpaired) electrons. The van der Waals surface area contributed by atoms with E-state index in [0.29, 0.717) is 31.5 Å². The minimum atomic E-state index is -0.951. The number of hydrogen-bond donors (Lipinski definition) is 2. The zero-order valence-electron chi connectivity index (χ0n) is 17.2. The number of ether oxygens (including phenoxy) is 2. The van der Waals surface area contributed by atoms with Crippen molar-refractivity contribution in [1.82, 2.24) is 5.32 Å². The van der Waals surface area contributed by atoms with Crippen molar-refractivity contribution in [2.75, 3.05) is 19.0 Å². The molecule has 1 fully saturated rings. The van der Waals surface area contributed by atoms with Crippen molar-refractivity contribution in [3.8, 4) is 11.5 Å². The van der Waals surface area contributed by atoms with Gasteiger partial charge in [0.1, 0.15) is 16.9 Å². The number of rotatable bonds is 9. The molecule has 2 aromatic rings. The second-order valence-electron chi connectivity index (χ2n) is 7.58. The van der Waals surface area contributed by atoms with Gasteiger partial charge >= 0.3 is 0 Å². The number of hydrogen-bond acceptors (Lipinski definition) is 4. The standard InChI is InChI=1S/C23H28N2O4/c1-16(2)29-20-10-6-18(7-11-20)25-22(27)23(13-14-23)21(26)24-15-12-17-4-8-19(28-3)9-5-17/h4-11,16H,12-15H2,1-3H3,(H,24,26)(H,25,27). The summed E-state index contributed by atoms with van der Waals surface area (Å²) < 4.78 is 10.7. The fourth-order valence-electron chi connectivity index (χ4n) is 3.10. The summed E-state index contributed by atoms with van der Waals surface area (Å²) in [5.41, 5.74) is 0.806. The maximum atomic E-state index is 12.7. The normalized spacial score (nSPS) is 14.2. The maximum Gasteiger partial charge on any atom is 0.240 e. The Kier molecular flexibility index (Phi) is 6.42. The predicted octanol–water partition coefficient (Wildman–Crippen LogP) is 3.56. The average Bonchev–Trinajstić information content (AvgIpc) is 3.52. The molecule has 6 heteroatoms. The predicted molar refractivity (Wildman–Crippen MR) is 112 cm³/mol. The fourth-order valence-corrected chi connectivity index (χ4v) is 3.10. The molecule has 1 saturated carbocycles. The first kappa shape index (κ1) is 20.7. The van der Waals surface area contributed by atoms with Crippen LogP contribution < -0.4 is 20.1 Å². The van der Waals surface area contributed by atoms with Crippen molar-refractivity contribution in [1.29, 1.82) is 0 Å². The van der Waals surface area contributed by atoms with Gasteiger partial charge in [-0.15, -0.1) is 0 Å². The molecule has 29 heavy (non-hydrogen) atoms. The van der Waals surface area contributed by atoms with Crippen LogP contribution in [0, 0.1) is 5.41 Å². The first-order chi connectivity index (χ1) is 13.9. The molecule has 2 amide bonds. The first-order valence-electron chi connectivity index (χ1n) is 9.92. The summed E-state index contributed by atoms with van der Waals surface area (Å²) in [7, 11) is 1.63. The zero-order valence-corrected chi connectivity index (χ0v) is 17.2. The number of nitrogens with one attached hydrogen (secondary N) is 2. The number of carbonyl (C=O) groups excluding carboxylic acids is 2. The molecule has 0 atom stereocenters. The molecule has 1 aliphatic carbocycles. The van der Waals surface area contributed by atoms with Gasteiger partial charge in [-0.05, 0) is 75.1 Å². The van der Waals surface area contributed by atoms with Crippen LogP contribution in [0.4, 0.5) is 5.69 Å². The Morgan fingerprint density at radius 2 is 1.59 bits per heavy atom. The van der Waals surface area contributed by atoms with Gasteiger partial charge in [-0.1, -0.05) is 12.1 Å². The summed E-state index contributed by atoms with van der Waals surface area (Å²) in [4.78, 5) is 25.3. The van der Waals surface area contributed by atoms with E-state index in [0.717, 1.165) is 17.1 Å². The van der Waals surface area contributed by atoms with Gasteiger partial charge in [-0.25, -0.2) is 0 Å². The van der Waals surface area contributed by atoms with Crippen LogP contribution in [0.2, 0.25) is 0 Å². The number of benzene rings is 2. The first-order valence-corrected chi connectivity index (χ1v) is 9.92. The van der Waals surface area contributed by atoms with Gasteiger partial charge in [0.15, 0.2) is 0 Å². The van der Waals surface area contributed by atoms with Crippen LogP contribution in [-0.4, -0.2) is 31.6 Å². The monoisotopic (exact) mass is 396 g/mol. The molecule has 0 heterocycles. The zero-order chi connectivity index (χ0) is 20.9. The molecule has 0 aliphatic heterocycles. The highest BCUT2D eigenvalue weighted by molar-refractivity contribution is 6.13. The van der Waals surface area contributed by atoms with E-state index in [1.165, 1.54) is 0 Å². The lowest BCUT2D eigenvalue weighted by atomic mass is 10.0. The van der Waals surface area contributed by atoms with Crippen molar-refractivity contribution >= 4 is 17.5 Å². The molecule has 154 valence electrons. The molecule has 3 rings (SSSR count). The maximum absolute atomic E-state index is 12.7. The van der Waals surface area contributed by atoms with E-state index in [1.54, 1.807) is 19.2 Å². The number of amides is 2. The van der Waals surface area contributed by atoms with Crippen LogP contribution in [0.15, 0.2) is 48.5 Å². The Morgan fingerprint density at radius 3 is 2.14 bits per heavy atom. The molecule has 2 N–H and O–H groups in total. The van der Waals surface area contributed by atoms with E-state index in [4.69, 9.17) is 9.47 Å². The third-order valence-electron chi connectivity index (χ3n) is 4.96. The van der Waals surface area contributed by atoms with Gasteiger partial charge in [-0.2, -0.15) is 0 Å². The van der Waals surface area contributed by atoms with Crippen molar-refractivity contribution < 1.29 is 19.1 Å². The third kappa shape index (κ3) is 5.28. The molecule has 0 aromatic heterocycles. The van der Waals surface area contributed by atoms with Gasteiger partial charge in [0.25, 0.3) is 0 Å². The summed E-state index contributed by atoms with van der Waals surface area (Å²) in [6.07, 6.45) is 1.93. The van der Waals surface area contributed by atoms with E-state index >= 15 is 0 Å². The van der Waals surface area contributed by atoms with Crippen molar-refractivity contribution in [2.24, 2.45) is 5.41 Å². The van der Waals surface area contributed by atoms with Crippen LogP contribution in [-0.2, 0) is 16.0 Å². The van der Waals surface area contributed by atoms with E-state index in [-0.39, 0.29) is 17.9 Å². The second-order valence-corrected chi connectivity index (χ2v) is 7.58. The molecule has 0 unspecified atom stereocenters. The van der Waals surface area contributed by atoms with Crippen molar-refractivity contribution in [3.63, 3.8) is 0 Å². The Bertz CT molecular complexity index is 840. The second kappa shape index (κ2) is 8.99. The Labute approximate surface area is 171 Å². The van der Waals surface area contributed by atoms with E-state index in [9.17, 15) is 9.59 Å². The van der Waals surface area contributed by atoms with Crippen LogP contribution >= 0.6 is 0 Å².